The fourth-order valence-electron chi connectivity index (χ4n) is 1.83. The summed E-state index contributed by atoms with van der Waals surface area (Å²) in [6, 6.07) is 0. The van der Waals surface area contributed by atoms with E-state index in [1.54, 1.807) is 0 Å². The van der Waals surface area contributed by atoms with Crippen LogP contribution < -0.4 is 0 Å². The second kappa shape index (κ2) is 13.5. The molecule has 0 spiro atoms. The molecule has 0 amide bonds. The summed E-state index contributed by atoms with van der Waals surface area (Å²) in [4.78, 5) is 19.7. The number of carbonyl (C=O) groups excluding carboxylic acids is 1. The first kappa shape index (κ1) is 21.8. The molecule has 0 aliphatic rings. The molecule has 0 rings (SSSR count). The molecule has 0 aromatic carbocycles. The van der Waals surface area contributed by atoms with E-state index in [-0.39, 0.29) is 29.9 Å². The third kappa shape index (κ3) is 11.3. The number of esters is 1. The predicted octanol–water partition coefficient (Wildman–Crippen LogP) is 2.60. The first-order chi connectivity index (χ1) is 8.99. The number of hydrogen-bond acceptors (Lipinski definition) is 3. The van der Waals surface area contributed by atoms with Crippen LogP contribution >= 0.6 is 24.0 Å². The van der Waals surface area contributed by atoms with Crippen molar-refractivity contribution in [1.29, 1.82) is 0 Å². The molecule has 0 aliphatic carbocycles. The fraction of sp³-hybridized carbons (Fsp3) is 0.857. The van der Waals surface area contributed by atoms with Crippen LogP contribution in [0.5, 0.6) is 0 Å². The van der Waals surface area contributed by atoms with E-state index < -0.39 is 0 Å². The maximum absolute atomic E-state index is 11.1. The number of guanidine groups is 1. The Labute approximate surface area is 140 Å². The van der Waals surface area contributed by atoms with E-state index in [1.807, 2.05) is 44.9 Å². The second-order valence-corrected chi connectivity index (χ2v) is 4.94. The minimum atomic E-state index is -0.0805. The van der Waals surface area contributed by atoms with Gasteiger partial charge < -0.3 is 14.5 Å². The molecule has 0 heterocycles. The minimum absolute atomic E-state index is 0. The quantitative estimate of drug-likeness (QED) is 0.207. The normalized spacial score (nSPS) is 9.45. The summed E-state index contributed by atoms with van der Waals surface area (Å²) in [5.74, 6) is 0.912. The van der Waals surface area contributed by atoms with E-state index in [2.05, 4.69) is 4.99 Å². The van der Waals surface area contributed by atoms with Crippen LogP contribution in [0, 0.1) is 0 Å². The van der Waals surface area contributed by atoms with Crippen molar-refractivity contribution in [1.82, 2.24) is 9.80 Å². The lowest BCUT2D eigenvalue weighted by Gasteiger charge is -2.22. The predicted molar refractivity (Wildman–Crippen MR) is 94.8 cm³/mol. The molecule has 0 aromatic heterocycles. The molecular formula is C14H30IN3O2. The van der Waals surface area contributed by atoms with Crippen LogP contribution in [0.2, 0.25) is 0 Å². The Morgan fingerprint density at radius 3 is 2.05 bits per heavy atom. The van der Waals surface area contributed by atoms with Gasteiger partial charge in [-0.25, -0.2) is 0 Å². The average molecular weight is 399 g/mol. The fourth-order valence-corrected chi connectivity index (χ4v) is 1.83. The molecule has 0 aromatic rings. The largest absolute Gasteiger partial charge is 0.466 e. The van der Waals surface area contributed by atoms with E-state index >= 15 is 0 Å². The highest BCUT2D eigenvalue weighted by molar-refractivity contribution is 14.0. The smallest absolute Gasteiger partial charge is 0.305 e. The van der Waals surface area contributed by atoms with Crippen LogP contribution in [0.4, 0.5) is 0 Å². The van der Waals surface area contributed by atoms with Gasteiger partial charge in [-0.15, -0.1) is 24.0 Å². The number of ether oxygens (including phenoxy) is 1. The van der Waals surface area contributed by atoms with Crippen molar-refractivity contribution in [2.75, 3.05) is 41.3 Å². The molecule has 0 radical (unpaired) electrons. The number of rotatable bonds is 8. The van der Waals surface area contributed by atoms with E-state index in [1.165, 1.54) is 0 Å². The molecular weight excluding hydrogens is 369 g/mol. The van der Waals surface area contributed by atoms with Gasteiger partial charge >= 0.3 is 5.97 Å². The zero-order valence-electron chi connectivity index (χ0n) is 13.5. The zero-order valence-corrected chi connectivity index (χ0v) is 15.8. The van der Waals surface area contributed by atoms with Crippen molar-refractivity contribution in [2.24, 2.45) is 4.99 Å². The van der Waals surface area contributed by atoms with Crippen LogP contribution in [-0.4, -0.2) is 63.1 Å². The topological polar surface area (TPSA) is 45.1 Å². The monoisotopic (exact) mass is 399 g/mol. The standard InChI is InChI=1S/C14H29N3O2.HI/c1-6-19-13(18)11-9-7-8-10-12-15-14(16(2)3)17(4)5;/h6-12H2,1-5H3;1H. The van der Waals surface area contributed by atoms with Crippen LogP contribution in [0.3, 0.4) is 0 Å². The summed E-state index contributed by atoms with van der Waals surface area (Å²) >= 11 is 0. The lowest BCUT2D eigenvalue weighted by atomic mass is 10.1. The third-order valence-electron chi connectivity index (χ3n) is 2.65. The van der Waals surface area contributed by atoms with Gasteiger partial charge in [-0.2, -0.15) is 0 Å². The van der Waals surface area contributed by atoms with Crippen molar-refractivity contribution in [2.45, 2.75) is 39.0 Å². The van der Waals surface area contributed by atoms with Gasteiger partial charge in [-0.3, -0.25) is 9.79 Å². The molecule has 120 valence electrons. The number of nitrogens with zero attached hydrogens (tertiary/aromatic N) is 3. The molecule has 0 fully saturated rings. The maximum atomic E-state index is 11.1. The van der Waals surface area contributed by atoms with Gasteiger partial charge in [0.2, 0.25) is 0 Å². The molecule has 0 unspecified atom stereocenters. The molecule has 0 saturated heterocycles. The van der Waals surface area contributed by atoms with Gasteiger partial charge in [0.15, 0.2) is 5.96 Å². The van der Waals surface area contributed by atoms with Gasteiger partial charge in [0, 0.05) is 41.2 Å². The molecule has 5 nitrogen and oxygen atoms in total. The summed E-state index contributed by atoms with van der Waals surface area (Å²) in [7, 11) is 7.99. The summed E-state index contributed by atoms with van der Waals surface area (Å²) in [6.07, 6.45) is 4.69. The van der Waals surface area contributed by atoms with Crippen molar-refractivity contribution in [3.63, 3.8) is 0 Å². The van der Waals surface area contributed by atoms with Crippen LogP contribution in [0.1, 0.15) is 39.0 Å². The van der Waals surface area contributed by atoms with E-state index in [0.29, 0.717) is 13.0 Å². The van der Waals surface area contributed by atoms with E-state index in [0.717, 1.165) is 38.2 Å². The molecule has 0 bridgehead atoms. The molecule has 0 saturated carbocycles. The van der Waals surface area contributed by atoms with Crippen LogP contribution in [0.15, 0.2) is 4.99 Å². The van der Waals surface area contributed by atoms with E-state index in [9.17, 15) is 4.79 Å². The average Bonchev–Trinajstić information content (AvgIpc) is 2.31. The highest BCUT2D eigenvalue weighted by Crippen LogP contribution is 2.04. The second-order valence-electron chi connectivity index (χ2n) is 4.94. The Morgan fingerprint density at radius 2 is 1.55 bits per heavy atom. The minimum Gasteiger partial charge on any atom is -0.466 e. The van der Waals surface area contributed by atoms with Gasteiger partial charge in [-0.1, -0.05) is 12.8 Å². The number of halogens is 1. The summed E-state index contributed by atoms with van der Waals surface area (Å²) < 4.78 is 4.88. The number of carbonyl (C=O) groups is 1. The SMILES string of the molecule is CCOC(=O)CCCCCCN=C(N(C)C)N(C)C.I. The van der Waals surface area contributed by atoms with Gasteiger partial charge in [0.05, 0.1) is 6.61 Å². The summed E-state index contributed by atoms with van der Waals surface area (Å²) in [5, 5.41) is 0. The molecule has 0 atom stereocenters. The van der Waals surface area contributed by atoms with Gasteiger partial charge in [0.25, 0.3) is 0 Å². The van der Waals surface area contributed by atoms with Crippen LogP contribution in [0.25, 0.3) is 0 Å². The Kier molecular flexibility index (Phi) is 14.6. The molecule has 20 heavy (non-hydrogen) atoms. The van der Waals surface area contributed by atoms with Crippen molar-refractivity contribution < 1.29 is 9.53 Å². The molecule has 0 N–H and O–H groups in total. The summed E-state index contributed by atoms with van der Waals surface area (Å²) in [5.41, 5.74) is 0. The van der Waals surface area contributed by atoms with Gasteiger partial charge in [-0.05, 0) is 19.8 Å². The summed E-state index contributed by atoms with van der Waals surface area (Å²) in [6.45, 7) is 3.15. The lowest BCUT2D eigenvalue weighted by molar-refractivity contribution is -0.143. The van der Waals surface area contributed by atoms with Crippen molar-refractivity contribution >= 4 is 35.9 Å². The Bertz CT molecular complexity index is 272. The van der Waals surface area contributed by atoms with Gasteiger partial charge in [0.1, 0.15) is 0 Å². The Morgan fingerprint density at radius 1 is 1.00 bits per heavy atom. The van der Waals surface area contributed by atoms with Crippen LogP contribution in [-0.2, 0) is 9.53 Å². The molecule has 0 aliphatic heterocycles. The Hall–Kier alpha value is -0.530. The lowest BCUT2D eigenvalue weighted by Crippen LogP contribution is -2.35. The van der Waals surface area contributed by atoms with E-state index in [4.69, 9.17) is 4.74 Å². The first-order valence-electron chi connectivity index (χ1n) is 7.03. The molecule has 6 heteroatoms. The third-order valence-corrected chi connectivity index (χ3v) is 2.65. The maximum Gasteiger partial charge on any atom is 0.305 e. The first-order valence-corrected chi connectivity index (χ1v) is 7.03. The highest BCUT2D eigenvalue weighted by Gasteiger charge is 2.03. The zero-order chi connectivity index (χ0) is 14.7. The number of unbranched alkanes of at least 4 members (excludes halogenated alkanes) is 3. The Balaban J connectivity index is 0. The number of hydrogen-bond donors (Lipinski definition) is 0. The number of aliphatic imine (C=N–C) groups is 1. The van der Waals surface area contributed by atoms with Crippen molar-refractivity contribution in [3.8, 4) is 0 Å². The van der Waals surface area contributed by atoms with Crippen molar-refractivity contribution in [3.05, 3.63) is 0 Å². The highest BCUT2D eigenvalue weighted by atomic mass is 127.